The molecule has 2 unspecified atom stereocenters. The van der Waals surface area contributed by atoms with Crippen LogP contribution in [0.15, 0.2) is 36.7 Å². The molecule has 1 saturated heterocycles. The Morgan fingerprint density at radius 2 is 1.97 bits per heavy atom. The van der Waals surface area contributed by atoms with Gasteiger partial charge in [-0.05, 0) is 36.5 Å². The van der Waals surface area contributed by atoms with Crippen molar-refractivity contribution in [3.63, 3.8) is 0 Å². The minimum Gasteiger partial charge on any atom is -0.453 e. The largest absolute Gasteiger partial charge is 0.453 e. The van der Waals surface area contributed by atoms with Gasteiger partial charge in [-0.15, -0.1) is 5.10 Å². The molecule has 3 amide bonds. The van der Waals surface area contributed by atoms with Crippen molar-refractivity contribution in [2.75, 3.05) is 13.7 Å². The third-order valence-electron chi connectivity index (χ3n) is 6.03. The Bertz CT molecular complexity index is 1220. The van der Waals surface area contributed by atoms with E-state index in [9.17, 15) is 14.4 Å². The number of aromatic nitrogens is 5. The molecule has 0 bridgehead atoms. The van der Waals surface area contributed by atoms with Crippen LogP contribution < -0.4 is 11.1 Å². The van der Waals surface area contributed by atoms with Crippen molar-refractivity contribution in [2.45, 2.75) is 38.8 Å². The fraction of sp³-hybridized carbons (Fsp3) is 0.391. The zero-order valence-corrected chi connectivity index (χ0v) is 19.8. The number of hydrogen-bond donors (Lipinski definition) is 3. The first kappa shape index (κ1) is 23.9. The number of nitrogens with two attached hydrogens (primary N) is 1. The summed E-state index contributed by atoms with van der Waals surface area (Å²) in [6.07, 6.45) is 4.19. The van der Waals surface area contributed by atoms with Crippen LogP contribution in [0.1, 0.15) is 49.0 Å². The Hall–Kier alpha value is -4.22. The first-order chi connectivity index (χ1) is 16.8. The fourth-order valence-electron chi connectivity index (χ4n) is 4.14. The van der Waals surface area contributed by atoms with Gasteiger partial charge in [0.15, 0.2) is 5.69 Å². The number of H-pyrrole nitrogens is 1. The summed E-state index contributed by atoms with van der Waals surface area (Å²) in [5.41, 5.74) is 7.74. The first-order valence-corrected chi connectivity index (χ1v) is 11.3. The van der Waals surface area contributed by atoms with Crippen molar-refractivity contribution in [1.82, 2.24) is 35.2 Å². The van der Waals surface area contributed by atoms with Gasteiger partial charge in [-0.25, -0.2) is 14.5 Å². The molecule has 12 heteroatoms. The lowest BCUT2D eigenvalue weighted by atomic mass is 10.0. The van der Waals surface area contributed by atoms with Crippen molar-refractivity contribution in [2.24, 2.45) is 11.7 Å². The van der Waals surface area contributed by atoms with E-state index in [2.05, 4.69) is 30.3 Å². The van der Waals surface area contributed by atoms with Gasteiger partial charge in [0.05, 0.1) is 36.9 Å². The number of nitrogens with one attached hydrogen (secondary N) is 2. The van der Waals surface area contributed by atoms with Crippen LogP contribution in [0.4, 0.5) is 4.79 Å². The molecule has 1 aliphatic heterocycles. The van der Waals surface area contributed by atoms with E-state index in [1.165, 1.54) is 18.0 Å². The fourth-order valence-corrected chi connectivity index (χ4v) is 4.14. The monoisotopic (exact) mass is 480 g/mol. The number of primary amides is 1. The number of imidazole rings is 1. The second-order valence-electron chi connectivity index (χ2n) is 8.69. The van der Waals surface area contributed by atoms with Crippen molar-refractivity contribution in [3.8, 4) is 16.9 Å². The van der Waals surface area contributed by atoms with Crippen molar-refractivity contribution < 1.29 is 19.1 Å². The van der Waals surface area contributed by atoms with Crippen LogP contribution >= 0.6 is 0 Å². The lowest BCUT2D eigenvalue weighted by Gasteiger charge is -2.30. The van der Waals surface area contributed by atoms with E-state index in [0.29, 0.717) is 12.4 Å². The highest BCUT2D eigenvalue weighted by molar-refractivity contribution is 5.90. The molecule has 12 nitrogen and oxygen atoms in total. The standard InChI is InChI=1S/C23H28N8O4/c1-13(2)19(27-23(34)35-3)22(33)30-10-4-5-18(30)21-25-11-16(26-21)14-6-8-15(9-7-14)31-12-17(20(24)32)28-29-31/h6-9,11-13,18-19H,4-5,10H2,1-3H3,(H2,24,32)(H,25,26)(H,27,34). The van der Waals surface area contributed by atoms with Gasteiger partial charge >= 0.3 is 6.09 Å². The van der Waals surface area contributed by atoms with E-state index in [4.69, 9.17) is 5.73 Å². The van der Waals surface area contributed by atoms with E-state index < -0.39 is 18.0 Å². The zero-order chi connectivity index (χ0) is 25.1. The topological polar surface area (TPSA) is 161 Å². The molecule has 1 aromatic carbocycles. The van der Waals surface area contributed by atoms with Gasteiger partial charge in [-0.3, -0.25) is 9.59 Å². The maximum Gasteiger partial charge on any atom is 0.407 e. The van der Waals surface area contributed by atoms with Crippen LogP contribution in [-0.2, 0) is 9.53 Å². The van der Waals surface area contributed by atoms with Gasteiger partial charge in [0, 0.05) is 6.54 Å². The molecule has 3 heterocycles. The molecule has 0 saturated carbocycles. The predicted molar refractivity (Wildman–Crippen MR) is 125 cm³/mol. The van der Waals surface area contributed by atoms with E-state index in [1.807, 2.05) is 38.1 Å². The maximum atomic E-state index is 13.3. The molecule has 4 rings (SSSR count). The molecule has 3 aromatic rings. The van der Waals surface area contributed by atoms with Crippen LogP contribution in [0.5, 0.6) is 0 Å². The van der Waals surface area contributed by atoms with Gasteiger partial charge in [0.2, 0.25) is 5.91 Å². The van der Waals surface area contributed by atoms with Crippen molar-refractivity contribution >= 4 is 17.9 Å². The highest BCUT2D eigenvalue weighted by Gasteiger charge is 2.37. The summed E-state index contributed by atoms with van der Waals surface area (Å²) in [5, 5.41) is 10.3. The Balaban J connectivity index is 1.50. The van der Waals surface area contributed by atoms with E-state index in [1.54, 1.807) is 11.1 Å². The highest BCUT2D eigenvalue weighted by Crippen LogP contribution is 2.32. The lowest BCUT2D eigenvalue weighted by Crippen LogP contribution is -2.51. The number of hydrogen-bond acceptors (Lipinski definition) is 7. The summed E-state index contributed by atoms with van der Waals surface area (Å²) in [5.74, 6) is -0.202. The molecule has 2 atom stereocenters. The molecular weight excluding hydrogens is 452 g/mol. The Kier molecular flexibility index (Phi) is 6.80. The molecule has 184 valence electrons. The van der Waals surface area contributed by atoms with Crippen LogP contribution in [0.3, 0.4) is 0 Å². The number of ether oxygens (including phenoxy) is 1. The molecule has 35 heavy (non-hydrogen) atoms. The zero-order valence-electron chi connectivity index (χ0n) is 19.8. The number of aromatic amines is 1. The van der Waals surface area contributed by atoms with Gasteiger partial charge < -0.3 is 25.7 Å². The quantitative estimate of drug-likeness (QED) is 0.464. The lowest BCUT2D eigenvalue weighted by molar-refractivity contribution is -0.135. The predicted octanol–water partition coefficient (Wildman–Crippen LogP) is 1.80. The molecule has 0 aliphatic carbocycles. The third-order valence-corrected chi connectivity index (χ3v) is 6.03. The summed E-state index contributed by atoms with van der Waals surface area (Å²) in [4.78, 5) is 45.9. The Morgan fingerprint density at radius 1 is 1.23 bits per heavy atom. The molecule has 1 aliphatic rings. The van der Waals surface area contributed by atoms with Crippen LogP contribution in [0.25, 0.3) is 16.9 Å². The average Bonchev–Trinajstić information content (AvgIpc) is 3.61. The second-order valence-corrected chi connectivity index (χ2v) is 8.69. The number of methoxy groups -OCH3 is 1. The Labute approximate surface area is 201 Å². The molecular formula is C23H28N8O4. The molecule has 1 fully saturated rings. The molecule has 2 aromatic heterocycles. The summed E-state index contributed by atoms with van der Waals surface area (Å²) in [6.45, 7) is 4.35. The summed E-state index contributed by atoms with van der Waals surface area (Å²) >= 11 is 0. The van der Waals surface area contributed by atoms with E-state index in [0.717, 1.165) is 29.8 Å². The number of rotatable bonds is 7. The minimum absolute atomic E-state index is 0.0874. The number of carbonyl (C=O) groups is 3. The SMILES string of the molecule is COC(=O)NC(C(=O)N1CCCC1c1ncc(-c2ccc(-n3cc(C(N)=O)nn3)cc2)[nH]1)C(C)C. The normalized spacial score (nSPS) is 16.3. The second kappa shape index (κ2) is 9.95. The Morgan fingerprint density at radius 3 is 2.60 bits per heavy atom. The van der Waals surface area contributed by atoms with Gasteiger partial charge in [0.25, 0.3) is 5.91 Å². The van der Waals surface area contributed by atoms with Gasteiger partial charge in [-0.1, -0.05) is 31.2 Å². The van der Waals surface area contributed by atoms with Crippen molar-refractivity contribution in [3.05, 3.63) is 48.2 Å². The molecule has 0 spiro atoms. The summed E-state index contributed by atoms with van der Waals surface area (Å²) in [6, 6.07) is 6.57. The minimum atomic E-state index is -0.683. The average molecular weight is 481 g/mol. The number of amides is 3. The number of nitrogens with zero attached hydrogens (tertiary/aromatic N) is 5. The molecule has 4 N–H and O–H groups in total. The van der Waals surface area contributed by atoms with E-state index >= 15 is 0 Å². The number of carbonyl (C=O) groups excluding carboxylic acids is 3. The van der Waals surface area contributed by atoms with Crippen molar-refractivity contribution in [1.29, 1.82) is 0 Å². The highest BCUT2D eigenvalue weighted by atomic mass is 16.5. The van der Waals surface area contributed by atoms with Crippen LogP contribution in [-0.4, -0.2) is 67.5 Å². The van der Waals surface area contributed by atoms with Crippen LogP contribution in [0.2, 0.25) is 0 Å². The number of benzene rings is 1. The number of alkyl carbamates (subject to hydrolysis) is 1. The van der Waals surface area contributed by atoms with Gasteiger partial charge in [-0.2, -0.15) is 0 Å². The number of likely N-dealkylation sites (tertiary alicyclic amines) is 1. The summed E-state index contributed by atoms with van der Waals surface area (Å²) < 4.78 is 6.16. The third kappa shape index (κ3) is 5.00. The first-order valence-electron chi connectivity index (χ1n) is 11.3. The maximum absolute atomic E-state index is 13.3. The smallest absolute Gasteiger partial charge is 0.407 e. The van der Waals surface area contributed by atoms with E-state index in [-0.39, 0.29) is 23.6 Å². The van der Waals surface area contributed by atoms with Crippen LogP contribution in [0, 0.1) is 5.92 Å². The molecule has 0 radical (unpaired) electrons. The summed E-state index contributed by atoms with van der Waals surface area (Å²) in [7, 11) is 1.27. The van der Waals surface area contributed by atoms with Gasteiger partial charge in [0.1, 0.15) is 11.9 Å².